The summed E-state index contributed by atoms with van der Waals surface area (Å²) in [7, 11) is 0. The van der Waals surface area contributed by atoms with Crippen molar-refractivity contribution in [1.29, 1.82) is 0 Å². The van der Waals surface area contributed by atoms with Crippen molar-refractivity contribution in [3.8, 4) is 0 Å². The van der Waals surface area contributed by atoms with E-state index in [1.807, 2.05) is 25.1 Å². The molecule has 0 saturated carbocycles. The molecule has 3 rings (SSSR count). The quantitative estimate of drug-likeness (QED) is 0.301. The molecule has 0 aliphatic carbocycles. The predicted molar refractivity (Wildman–Crippen MR) is 124 cm³/mol. The largest absolute Gasteiger partial charge is 0.333 e. The molecule has 2 saturated heterocycles. The number of thioether (sulfide) groups is 2. The van der Waals surface area contributed by atoms with Crippen molar-refractivity contribution in [2.24, 2.45) is 0 Å². The molecule has 2 aliphatic heterocycles. The third-order valence-electron chi connectivity index (χ3n) is 5.26. The molecule has 4 amide bonds. The fraction of sp³-hybridized carbons (Fsp3) is 0.522. The van der Waals surface area contributed by atoms with Gasteiger partial charge >= 0.3 is 6.03 Å². The average molecular weight is 447 g/mol. The van der Waals surface area contributed by atoms with Crippen LogP contribution in [0.1, 0.15) is 51.0 Å². The van der Waals surface area contributed by atoms with E-state index < -0.39 is 17.8 Å². The van der Waals surface area contributed by atoms with Crippen LogP contribution in [-0.4, -0.2) is 52.2 Å². The Kier molecular flexibility index (Phi) is 8.88. The van der Waals surface area contributed by atoms with E-state index in [1.54, 1.807) is 23.5 Å². The van der Waals surface area contributed by atoms with Crippen LogP contribution in [0.15, 0.2) is 40.1 Å². The molecule has 1 aromatic rings. The predicted octanol–water partition coefficient (Wildman–Crippen LogP) is 5.07. The van der Waals surface area contributed by atoms with Gasteiger partial charge in [0.15, 0.2) is 0 Å². The SMILES string of the molecule is CCCCN1C(=O)C(=C2SCCCS2)C(=O)N(CCCCCc2ccccc2)C1=O. The van der Waals surface area contributed by atoms with Gasteiger partial charge in [0.1, 0.15) is 5.57 Å². The molecule has 0 spiro atoms. The molecular formula is C23H30N2O3S2. The molecule has 0 aromatic heterocycles. The van der Waals surface area contributed by atoms with Crippen LogP contribution >= 0.6 is 23.5 Å². The van der Waals surface area contributed by atoms with Crippen molar-refractivity contribution in [2.75, 3.05) is 24.6 Å². The summed E-state index contributed by atoms with van der Waals surface area (Å²) >= 11 is 3.14. The second-order valence-electron chi connectivity index (χ2n) is 7.56. The number of nitrogens with zero attached hydrogens (tertiary/aromatic N) is 2. The van der Waals surface area contributed by atoms with Crippen LogP contribution in [0, 0.1) is 0 Å². The first kappa shape index (κ1) is 22.9. The zero-order valence-electron chi connectivity index (χ0n) is 17.6. The van der Waals surface area contributed by atoms with E-state index in [2.05, 4.69) is 12.1 Å². The number of amides is 4. The minimum absolute atomic E-state index is 0.213. The zero-order chi connectivity index (χ0) is 21.3. The summed E-state index contributed by atoms with van der Waals surface area (Å²) in [5, 5.41) is 0. The number of hydrogen-bond donors (Lipinski definition) is 0. The summed E-state index contributed by atoms with van der Waals surface area (Å²) in [6, 6.07) is 9.88. The second kappa shape index (κ2) is 11.6. The molecule has 7 heteroatoms. The Balaban J connectivity index is 1.65. The van der Waals surface area contributed by atoms with E-state index in [4.69, 9.17) is 0 Å². The van der Waals surface area contributed by atoms with Crippen LogP contribution < -0.4 is 0 Å². The van der Waals surface area contributed by atoms with E-state index in [0.717, 1.165) is 60.7 Å². The number of urea groups is 1. The Bertz CT molecular complexity index is 787. The molecule has 0 radical (unpaired) electrons. The molecule has 162 valence electrons. The van der Waals surface area contributed by atoms with Gasteiger partial charge in [0, 0.05) is 13.1 Å². The van der Waals surface area contributed by atoms with Gasteiger partial charge in [-0.2, -0.15) is 0 Å². The first-order valence-corrected chi connectivity index (χ1v) is 12.8. The van der Waals surface area contributed by atoms with Crippen molar-refractivity contribution in [3.63, 3.8) is 0 Å². The lowest BCUT2D eigenvalue weighted by Gasteiger charge is -2.35. The lowest BCUT2D eigenvalue weighted by Crippen LogP contribution is -2.57. The molecule has 0 unspecified atom stereocenters. The van der Waals surface area contributed by atoms with Gasteiger partial charge in [-0.3, -0.25) is 19.4 Å². The summed E-state index contributed by atoms with van der Waals surface area (Å²) in [5.41, 5.74) is 1.52. The number of carbonyl (C=O) groups excluding carboxylic acids is 3. The molecule has 2 heterocycles. The Morgan fingerprint density at radius 1 is 0.833 bits per heavy atom. The van der Waals surface area contributed by atoms with Gasteiger partial charge in [0.05, 0.1) is 4.24 Å². The molecule has 5 nitrogen and oxygen atoms in total. The van der Waals surface area contributed by atoms with Crippen molar-refractivity contribution in [1.82, 2.24) is 9.80 Å². The maximum Gasteiger partial charge on any atom is 0.333 e. The maximum atomic E-state index is 13.1. The minimum Gasteiger partial charge on any atom is -0.268 e. The Labute approximate surface area is 187 Å². The smallest absolute Gasteiger partial charge is 0.268 e. The van der Waals surface area contributed by atoms with E-state index in [0.29, 0.717) is 13.1 Å². The van der Waals surface area contributed by atoms with Gasteiger partial charge in [-0.25, -0.2) is 4.79 Å². The topological polar surface area (TPSA) is 57.7 Å². The fourth-order valence-electron chi connectivity index (χ4n) is 3.56. The number of rotatable bonds is 9. The van der Waals surface area contributed by atoms with Crippen LogP contribution in [0.4, 0.5) is 4.79 Å². The van der Waals surface area contributed by atoms with Crippen LogP contribution in [0.5, 0.6) is 0 Å². The molecule has 2 aliphatic rings. The Morgan fingerprint density at radius 3 is 2.10 bits per heavy atom. The summed E-state index contributed by atoms with van der Waals surface area (Å²) in [6.45, 7) is 2.77. The van der Waals surface area contributed by atoms with Crippen LogP contribution in [0.2, 0.25) is 0 Å². The van der Waals surface area contributed by atoms with Crippen molar-refractivity contribution in [2.45, 2.75) is 51.9 Å². The van der Waals surface area contributed by atoms with E-state index >= 15 is 0 Å². The van der Waals surface area contributed by atoms with Crippen LogP contribution in [-0.2, 0) is 16.0 Å². The number of aryl methyl sites for hydroxylation is 1. The molecule has 0 N–H and O–H groups in total. The van der Waals surface area contributed by atoms with E-state index in [-0.39, 0.29) is 5.57 Å². The average Bonchev–Trinajstić information content (AvgIpc) is 2.77. The minimum atomic E-state index is -0.448. The van der Waals surface area contributed by atoms with Crippen molar-refractivity contribution >= 4 is 41.4 Å². The van der Waals surface area contributed by atoms with Gasteiger partial charge in [-0.05, 0) is 49.2 Å². The zero-order valence-corrected chi connectivity index (χ0v) is 19.2. The van der Waals surface area contributed by atoms with Gasteiger partial charge in [0.25, 0.3) is 11.8 Å². The molecule has 0 atom stereocenters. The van der Waals surface area contributed by atoms with Gasteiger partial charge in [-0.15, -0.1) is 23.5 Å². The highest BCUT2D eigenvalue weighted by Gasteiger charge is 2.43. The number of benzene rings is 1. The number of hydrogen-bond acceptors (Lipinski definition) is 5. The third kappa shape index (κ3) is 5.70. The van der Waals surface area contributed by atoms with Crippen LogP contribution in [0.25, 0.3) is 0 Å². The second-order valence-corrected chi connectivity index (χ2v) is 10.0. The standard InChI is InChI=1S/C23H30N2O3S2/c1-2-3-14-24-20(26)19(22-29-16-10-17-30-22)21(27)25(23(24)28)15-9-5-8-13-18-11-6-4-7-12-18/h4,6-7,11-12H,2-3,5,8-10,13-17H2,1H3. The van der Waals surface area contributed by atoms with E-state index in [9.17, 15) is 14.4 Å². The first-order valence-electron chi connectivity index (χ1n) is 10.8. The fourth-order valence-corrected chi connectivity index (χ4v) is 6.16. The maximum absolute atomic E-state index is 13.1. The highest BCUT2D eigenvalue weighted by atomic mass is 32.2. The van der Waals surface area contributed by atoms with Crippen molar-refractivity contribution < 1.29 is 14.4 Å². The molecule has 2 fully saturated rings. The van der Waals surface area contributed by atoms with Crippen molar-refractivity contribution in [3.05, 3.63) is 45.7 Å². The Hall–Kier alpha value is -1.73. The van der Waals surface area contributed by atoms with Gasteiger partial charge < -0.3 is 0 Å². The summed E-state index contributed by atoms with van der Waals surface area (Å²) in [4.78, 5) is 41.7. The van der Waals surface area contributed by atoms with Gasteiger partial charge in [-0.1, -0.05) is 50.1 Å². The lowest BCUT2D eigenvalue weighted by atomic mass is 10.1. The number of barbiturate groups is 1. The number of carbonyl (C=O) groups is 3. The normalized spacial score (nSPS) is 17.8. The highest BCUT2D eigenvalue weighted by molar-refractivity contribution is 8.22. The molecule has 30 heavy (non-hydrogen) atoms. The molecular weight excluding hydrogens is 416 g/mol. The molecule has 1 aromatic carbocycles. The monoisotopic (exact) mass is 446 g/mol. The lowest BCUT2D eigenvalue weighted by molar-refractivity contribution is -0.136. The number of unbranched alkanes of at least 4 members (excludes halogenated alkanes) is 3. The third-order valence-corrected chi connectivity index (χ3v) is 7.89. The first-order chi connectivity index (χ1) is 14.6. The molecule has 0 bridgehead atoms. The number of imide groups is 2. The van der Waals surface area contributed by atoms with Crippen LogP contribution in [0.3, 0.4) is 0 Å². The highest BCUT2D eigenvalue weighted by Crippen LogP contribution is 2.39. The summed E-state index contributed by atoms with van der Waals surface area (Å²) in [5.74, 6) is 1.01. The van der Waals surface area contributed by atoms with Gasteiger partial charge in [0.2, 0.25) is 0 Å². The Morgan fingerprint density at radius 2 is 1.47 bits per heavy atom. The van der Waals surface area contributed by atoms with E-state index in [1.165, 1.54) is 15.4 Å². The summed E-state index contributed by atoms with van der Waals surface area (Å²) in [6.07, 6.45) is 6.40. The summed E-state index contributed by atoms with van der Waals surface area (Å²) < 4.78 is 0.791.